The topological polar surface area (TPSA) is 97.8 Å². The highest BCUT2D eigenvalue weighted by molar-refractivity contribution is 7.89. The third-order valence-electron chi connectivity index (χ3n) is 4.86. The SMILES string of the molecule is COc1ccc(CC(=O)Nc2nc3cc(F)c(F)cc3s2)cc1S(=O)(=O)N1CCOCC1. The quantitative estimate of drug-likeness (QED) is 0.579. The molecule has 0 unspecified atom stereocenters. The Kier molecular flexibility index (Phi) is 6.38. The van der Waals surface area contributed by atoms with Gasteiger partial charge in [-0.15, -0.1) is 0 Å². The molecule has 3 aromatic rings. The molecule has 1 fully saturated rings. The number of nitrogens with zero attached hydrogens (tertiary/aromatic N) is 2. The number of ether oxygens (including phenoxy) is 2. The van der Waals surface area contributed by atoms with E-state index in [1.165, 1.54) is 23.5 Å². The zero-order chi connectivity index (χ0) is 22.9. The second kappa shape index (κ2) is 9.06. The Balaban J connectivity index is 1.54. The first kappa shape index (κ1) is 22.5. The lowest BCUT2D eigenvalue weighted by atomic mass is 10.1. The summed E-state index contributed by atoms with van der Waals surface area (Å²) in [5, 5.41) is 2.77. The van der Waals surface area contributed by atoms with Gasteiger partial charge in [0.2, 0.25) is 15.9 Å². The number of carbonyl (C=O) groups excluding carboxylic acids is 1. The molecule has 12 heteroatoms. The number of amides is 1. The number of nitrogens with one attached hydrogen (secondary N) is 1. The minimum Gasteiger partial charge on any atom is -0.495 e. The van der Waals surface area contributed by atoms with E-state index in [1.54, 1.807) is 6.07 Å². The van der Waals surface area contributed by atoms with Crippen LogP contribution in [0.25, 0.3) is 10.2 Å². The summed E-state index contributed by atoms with van der Waals surface area (Å²) >= 11 is 1.01. The van der Waals surface area contributed by atoms with Crippen LogP contribution in [-0.4, -0.2) is 57.0 Å². The average Bonchev–Trinajstić information content (AvgIpc) is 3.15. The second-order valence-electron chi connectivity index (χ2n) is 6.98. The zero-order valence-corrected chi connectivity index (χ0v) is 18.6. The molecule has 1 aromatic heterocycles. The van der Waals surface area contributed by atoms with Gasteiger partial charge in [0, 0.05) is 19.2 Å². The van der Waals surface area contributed by atoms with E-state index in [2.05, 4.69) is 10.3 Å². The van der Waals surface area contributed by atoms with Crippen LogP contribution in [0.3, 0.4) is 0 Å². The van der Waals surface area contributed by atoms with E-state index < -0.39 is 27.6 Å². The van der Waals surface area contributed by atoms with Gasteiger partial charge >= 0.3 is 0 Å². The van der Waals surface area contributed by atoms with E-state index in [0.717, 1.165) is 23.5 Å². The number of hydrogen-bond acceptors (Lipinski definition) is 7. The summed E-state index contributed by atoms with van der Waals surface area (Å²) in [4.78, 5) is 16.6. The van der Waals surface area contributed by atoms with Crippen LogP contribution in [0, 0.1) is 11.6 Å². The smallest absolute Gasteiger partial charge is 0.246 e. The summed E-state index contributed by atoms with van der Waals surface area (Å²) in [5.74, 6) is -2.29. The van der Waals surface area contributed by atoms with Gasteiger partial charge in [0.05, 0.1) is 37.0 Å². The molecule has 0 aliphatic carbocycles. The van der Waals surface area contributed by atoms with Crippen LogP contribution in [0.1, 0.15) is 5.56 Å². The van der Waals surface area contributed by atoms with E-state index in [1.807, 2.05) is 0 Å². The Hall–Kier alpha value is -2.67. The van der Waals surface area contributed by atoms with Gasteiger partial charge in [0.25, 0.3) is 0 Å². The molecular weight excluding hydrogens is 464 g/mol. The first-order chi connectivity index (χ1) is 15.3. The standard InChI is InChI=1S/C20H19F2N3O5S2/c1-29-16-3-2-12(8-18(16)32(27,28)25-4-6-30-7-5-25)9-19(26)24-20-23-15-10-13(21)14(22)11-17(15)31-20/h2-3,8,10-11H,4-7,9H2,1H3,(H,23,24,26). The predicted octanol–water partition coefficient (Wildman–Crippen LogP) is 2.79. The molecule has 2 aromatic carbocycles. The monoisotopic (exact) mass is 483 g/mol. The number of benzene rings is 2. The maximum atomic E-state index is 13.4. The first-order valence-electron chi connectivity index (χ1n) is 9.58. The van der Waals surface area contributed by atoms with Crippen molar-refractivity contribution in [3.05, 3.63) is 47.5 Å². The van der Waals surface area contributed by atoms with Crippen LogP contribution < -0.4 is 10.1 Å². The number of hydrogen-bond donors (Lipinski definition) is 1. The number of fused-ring (bicyclic) bond motifs is 1. The molecule has 0 saturated carbocycles. The molecule has 2 heterocycles. The highest BCUT2D eigenvalue weighted by Crippen LogP contribution is 2.30. The number of carbonyl (C=O) groups is 1. The van der Waals surface area contributed by atoms with E-state index in [0.29, 0.717) is 23.5 Å². The van der Waals surface area contributed by atoms with E-state index in [-0.39, 0.29) is 40.8 Å². The summed E-state index contributed by atoms with van der Waals surface area (Å²) < 4.78 is 65.0. The molecule has 0 spiro atoms. The third-order valence-corrected chi connectivity index (χ3v) is 7.71. The fourth-order valence-corrected chi connectivity index (χ4v) is 5.79. The van der Waals surface area contributed by atoms with Crippen LogP contribution in [-0.2, 0) is 26.0 Å². The minimum atomic E-state index is -3.83. The molecule has 0 bridgehead atoms. The number of halogens is 2. The van der Waals surface area contributed by atoms with Crippen LogP contribution in [0.4, 0.5) is 13.9 Å². The molecule has 170 valence electrons. The van der Waals surface area contributed by atoms with E-state index >= 15 is 0 Å². The number of morpholine rings is 1. The van der Waals surface area contributed by atoms with Crippen LogP contribution in [0.5, 0.6) is 5.75 Å². The molecule has 32 heavy (non-hydrogen) atoms. The van der Waals surface area contributed by atoms with E-state index in [4.69, 9.17) is 9.47 Å². The maximum absolute atomic E-state index is 13.4. The minimum absolute atomic E-state index is 0.0295. The molecule has 0 atom stereocenters. The lowest BCUT2D eigenvalue weighted by Gasteiger charge is -2.26. The summed E-state index contributed by atoms with van der Waals surface area (Å²) in [5.41, 5.74) is 0.681. The van der Waals surface area contributed by atoms with Crippen molar-refractivity contribution in [2.24, 2.45) is 0 Å². The van der Waals surface area contributed by atoms with Crippen molar-refractivity contribution in [3.8, 4) is 5.75 Å². The second-order valence-corrected chi connectivity index (χ2v) is 9.92. The lowest BCUT2D eigenvalue weighted by molar-refractivity contribution is -0.115. The van der Waals surface area contributed by atoms with Gasteiger partial charge in [-0.05, 0) is 23.8 Å². The van der Waals surface area contributed by atoms with Crippen LogP contribution in [0.2, 0.25) is 0 Å². The highest BCUT2D eigenvalue weighted by atomic mass is 32.2. The normalized spacial score (nSPS) is 15.1. The molecule has 4 rings (SSSR count). The van der Waals surface area contributed by atoms with Gasteiger partial charge in [-0.3, -0.25) is 4.79 Å². The largest absolute Gasteiger partial charge is 0.495 e. The Bertz CT molecular complexity index is 1230. The molecule has 1 N–H and O–H groups in total. The summed E-state index contributed by atoms with van der Waals surface area (Å²) in [6.45, 7) is 1.07. The fraction of sp³-hybridized carbons (Fsp3) is 0.300. The van der Waals surface area contributed by atoms with Crippen molar-refractivity contribution in [3.63, 3.8) is 0 Å². The summed E-state index contributed by atoms with van der Waals surface area (Å²) in [6, 6.07) is 6.48. The van der Waals surface area contributed by atoms with Gasteiger partial charge in [0.1, 0.15) is 10.6 Å². The number of aromatic nitrogens is 1. The number of anilines is 1. The molecule has 1 amide bonds. The van der Waals surface area contributed by atoms with Gasteiger partial charge in [-0.25, -0.2) is 22.2 Å². The lowest BCUT2D eigenvalue weighted by Crippen LogP contribution is -2.40. The summed E-state index contributed by atoms with van der Waals surface area (Å²) in [7, 11) is -2.46. The number of rotatable bonds is 6. The maximum Gasteiger partial charge on any atom is 0.246 e. The summed E-state index contributed by atoms with van der Waals surface area (Å²) in [6.07, 6.45) is -0.131. The zero-order valence-electron chi connectivity index (χ0n) is 16.9. The van der Waals surface area contributed by atoms with Crippen molar-refractivity contribution in [1.82, 2.24) is 9.29 Å². The van der Waals surface area contributed by atoms with Gasteiger partial charge in [-0.1, -0.05) is 17.4 Å². The molecule has 1 saturated heterocycles. The molecule has 1 aliphatic heterocycles. The van der Waals surface area contributed by atoms with Crippen molar-refractivity contribution in [2.75, 3.05) is 38.7 Å². The van der Waals surface area contributed by atoms with E-state index in [9.17, 15) is 22.0 Å². The fourth-order valence-electron chi connectivity index (χ4n) is 3.28. The molecular formula is C20H19F2N3O5S2. The molecule has 1 aliphatic rings. The Morgan fingerprint density at radius 1 is 1.22 bits per heavy atom. The van der Waals surface area contributed by atoms with Crippen molar-refractivity contribution < 1.29 is 31.5 Å². The van der Waals surface area contributed by atoms with Gasteiger partial charge in [-0.2, -0.15) is 4.31 Å². The van der Waals surface area contributed by atoms with Crippen LogP contribution >= 0.6 is 11.3 Å². The van der Waals surface area contributed by atoms with Crippen LogP contribution in [0.15, 0.2) is 35.2 Å². The van der Waals surface area contributed by atoms with Crippen molar-refractivity contribution in [2.45, 2.75) is 11.3 Å². The highest BCUT2D eigenvalue weighted by Gasteiger charge is 2.29. The Labute approximate surface area is 186 Å². The molecule has 8 nitrogen and oxygen atoms in total. The Morgan fingerprint density at radius 2 is 1.94 bits per heavy atom. The Morgan fingerprint density at radius 3 is 2.66 bits per heavy atom. The number of sulfonamides is 1. The first-order valence-corrected chi connectivity index (χ1v) is 11.8. The average molecular weight is 484 g/mol. The third kappa shape index (κ3) is 4.58. The number of thiazole rings is 1. The molecule has 0 radical (unpaired) electrons. The van der Waals surface area contributed by atoms with Crippen molar-refractivity contribution in [1.29, 1.82) is 0 Å². The predicted molar refractivity (Wildman–Crippen MR) is 114 cm³/mol. The van der Waals surface area contributed by atoms with Crippen molar-refractivity contribution >= 4 is 42.6 Å². The van der Waals surface area contributed by atoms with Gasteiger partial charge < -0.3 is 14.8 Å². The number of methoxy groups -OCH3 is 1. The van der Waals surface area contributed by atoms with Gasteiger partial charge in [0.15, 0.2) is 16.8 Å².